The summed E-state index contributed by atoms with van der Waals surface area (Å²) in [6, 6.07) is 10.9. The van der Waals surface area contributed by atoms with Crippen LogP contribution in [-0.4, -0.2) is 54.0 Å². The Morgan fingerprint density at radius 2 is 1.82 bits per heavy atom. The molecule has 3 rings (SSSR count). The minimum Gasteiger partial charge on any atom is -0.493 e. The normalized spacial score (nSPS) is 10.9. The lowest BCUT2D eigenvalue weighted by Gasteiger charge is -2.13. The minimum absolute atomic E-state index is 0.124. The molecule has 0 aliphatic carbocycles. The molecule has 1 amide bonds. The van der Waals surface area contributed by atoms with Gasteiger partial charge in [0.25, 0.3) is 5.91 Å². The molecule has 1 N–H and O–H groups in total. The van der Waals surface area contributed by atoms with E-state index in [9.17, 15) is 4.79 Å². The fourth-order valence-electron chi connectivity index (χ4n) is 3.06. The smallest absolute Gasteiger partial charge is 0.250 e. The molecule has 174 valence electrons. The predicted octanol–water partition coefficient (Wildman–Crippen LogP) is 3.89. The lowest BCUT2D eigenvalue weighted by molar-refractivity contribution is -0.118. The molecule has 0 saturated carbocycles. The monoisotopic (exact) mass is 489 g/mol. The number of rotatable bonds is 10. The lowest BCUT2D eigenvalue weighted by atomic mass is 10.2. The number of nitrogens with zero attached hydrogens (tertiary/aromatic N) is 4. The largest absolute Gasteiger partial charge is 0.493 e. The van der Waals surface area contributed by atoms with Crippen molar-refractivity contribution in [1.29, 1.82) is 0 Å². The van der Waals surface area contributed by atoms with Crippen molar-refractivity contribution in [2.45, 2.75) is 18.6 Å². The first-order valence-corrected chi connectivity index (χ1v) is 11.3. The zero-order valence-electron chi connectivity index (χ0n) is 18.7. The van der Waals surface area contributed by atoms with Crippen LogP contribution >= 0.6 is 23.4 Å². The Kier molecular flexibility index (Phi) is 8.56. The first-order valence-electron chi connectivity index (χ1n) is 9.95. The molecule has 0 radical (unpaired) electrons. The van der Waals surface area contributed by atoms with Gasteiger partial charge in [-0.15, -0.1) is 10.2 Å². The minimum atomic E-state index is -0.283. The third kappa shape index (κ3) is 5.77. The van der Waals surface area contributed by atoms with Gasteiger partial charge in [0.05, 0.1) is 33.3 Å². The van der Waals surface area contributed by atoms with Crippen molar-refractivity contribution in [3.63, 3.8) is 0 Å². The Balaban J connectivity index is 1.64. The van der Waals surface area contributed by atoms with Crippen LogP contribution in [0.5, 0.6) is 17.2 Å². The Labute approximate surface area is 201 Å². The van der Waals surface area contributed by atoms with E-state index >= 15 is 0 Å². The SMILES string of the molecule is CCn1c(SCC(=O)N/N=C/c2ccc(OC)c(OC)c2OC)nnc1-c1ccc(Cl)cc1. The van der Waals surface area contributed by atoms with Gasteiger partial charge in [-0.2, -0.15) is 5.10 Å². The van der Waals surface area contributed by atoms with E-state index in [0.717, 1.165) is 11.4 Å². The van der Waals surface area contributed by atoms with Crippen LogP contribution in [0, 0.1) is 0 Å². The van der Waals surface area contributed by atoms with E-state index in [-0.39, 0.29) is 11.7 Å². The molecule has 33 heavy (non-hydrogen) atoms. The molecule has 0 fully saturated rings. The number of hydrogen-bond acceptors (Lipinski definition) is 8. The Bertz CT molecular complexity index is 1130. The molecule has 0 aliphatic heterocycles. The highest BCUT2D eigenvalue weighted by molar-refractivity contribution is 7.99. The highest BCUT2D eigenvalue weighted by atomic mass is 35.5. The summed E-state index contributed by atoms with van der Waals surface area (Å²) in [4.78, 5) is 12.3. The number of amides is 1. The van der Waals surface area contributed by atoms with Gasteiger partial charge in [-0.1, -0.05) is 23.4 Å². The van der Waals surface area contributed by atoms with Gasteiger partial charge < -0.3 is 18.8 Å². The molecule has 2 aromatic carbocycles. The van der Waals surface area contributed by atoms with E-state index < -0.39 is 0 Å². The summed E-state index contributed by atoms with van der Waals surface area (Å²) in [6.07, 6.45) is 1.48. The van der Waals surface area contributed by atoms with Crippen molar-refractivity contribution in [1.82, 2.24) is 20.2 Å². The van der Waals surface area contributed by atoms with Gasteiger partial charge in [0.2, 0.25) is 5.75 Å². The summed E-state index contributed by atoms with van der Waals surface area (Å²) < 4.78 is 18.0. The Morgan fingerprint density at radius 3 is 2.45 bits per heavy atom. The summed E-state index contributed by atoms with van der Waals surface area (Å²) in [5.74, 6) is 1.99. The second-order valence-electron chi connectivity index (χ2n) is 6.56. The average molecular weight is 490 g/mol. The fraction of sp³-hybridized carbons (Fsp3) is 0.273. The summed E-state index contributed by atoms with van der Waals surface area (Å²) in [5.41, 5.74) is 4.04. The molecule has 0 spiro atoms. The number of hydrazone groups is 1. The van der Waals surface area contributed by atoms with Crippen molar-refractivity contribution in [2.24, 2.45) is 5.10 Å². The van der Waals surface area contributed by atoms with E-state index in [1.807, 2.05) is 23.6 Å². The van der Waals surface area contributed by atoms with Gasteiger partial charge in [0, 0.05) is 22.7 Å². The van der Waals surface area contributed by atoms with Gasteiger partial charge in [0.15, 0.2) is 22.5 Å². The number of ether oxygens (including phenoxy) is 3. The number of hydrogen-bond donors (Lipinski definition) is 1. The van der Waals surface area contributed by atoms with E-state index in [4.69, 9.17) is 25.8 Å². The lowest BCUT2D eigenvalue weighted by Crippen LogP contribution is -2.20. The Hall–Kier alpha value is -3.24. The standard InChI is InChI=1S/C22H24ClN5O4S/c1-5-28-21(14-6-9-16(23)10-7-14)26-27-22(28)33-13-18(29)25-24-12-15-8-11-17(30-2)20(32-4)19(15)31-3/h6-12H,5,13H2,1-4H3,(H,25,29)/b24-12+. The number of halogens is 1. The molecule has 0 unspecified atom stereocenters. The van der Waals surface area contributed by atoms with Crippen molar-refractivity contribution >= 4 is 35.5 Å². The summed E-state index contributed by atoms with van der Waals surface area (Å²) in [5, 5.41) is 13.8. The maximum Gasteiger partial charge on any atom is 0.250 e. The molecule has 11 heteroatoms. The van der Waals surface area contributed by atoms with Crippen LogP contribution in [0.4, 0.5) is 0 Å². The van der Waals surface area contributed by atoms with E-state index in [1.165, 1.54) is 32.2 Å². The van der Waals surface area contributed by atoms with Gasteiger partial charge in [-0.25, -0.2) is 5.43 Å². The van der Waals surface area contributed by atoms with Gasteiger partial charge in [0.1, 0.15) is 0 Å². The van der Waals surface area contributed by atoms with Gasteiger partial charge in [-0.3, -0.25) is 4.79 Å². The van der Waals surface area contributed by atoms with Crippen LogP contribution in [0.2, 0.25) is 5.02 Å². The van der Waals surface area contributed by atoms with Crippen molar-refractivity contribution in [3.05, 3.63) is 47.0 Å². The number of carbonyl (C=O) groups is 1. The van der Waals surface area contributed by atoms with Crippen molar-refractivity contribution < 1.29 is 19.0 Å². The summed E-state index contributed by atoms with van der Waals surface area (Å²) in [7, 11) is 4.58. The first kappa shape index (κ1) is 24.4. The predicted molar refractivity (Wildman–Crippen MR) is 129 cm³/mol. The number of carbonyl (C=O) groups excluding carboxylic acids is 1. The van der Waals surface area contributed by atoms with E-state index in [1.54, 1.807) is 31.4 Å². The first-order chi connectivity index (χ1) is 16.0. The summed E-state index contributed by atoms with van der Waals surface area (Å²) in [6.45, 7) is 2.65. The molecule has 0 atom stereocenters. The molecule has 0 saturated heterocycles. The molecule has 9 nitrogen and oxygen atoms in total. The molecule has 0 aliphatic rings. The number of methoxy groups -OCH3 is 3. The third-order valence-corrected chi connectivity index (χ3v) is 5.81. The second kappa shape index (κ2) is 11.6. The number of nitrogens with one attached hydrogen (secondary N) is 1. The van der Waals surface area contributed by atoms with Crippen molar-refractivity contribution in [3.8, 4) is 28.6 Å². The highest BCUT2D eigenvalue weighted by Crippen LogP contribution is 2.39. The average Bonchev–Trinajstić information content (AvgIpc) is 3.25. The maximum atomic E-state index is 12.3. The third-order valence-electron chi connectivity index (χ3n) is 4.60. The number of thioether (sulfide) groups is 1. The highest BCUT2D eigenvalue weighted by Gasteiger charge is 2.16. The van der Waals surface area contributed by atoms with Crippen LogP contribution in [0.25, 0.3) is 11.4 Å². The quantitative estimate of drug-likeness (QED) is 0.262. The maximum absolute atomic E-state index is 12.3. The summed E-state index contributed by atoms with van der Waals surface area (Å²) >= 11 is 7.25. The van der Waals surface area contributed by atoms with E-state index in [0.29, 0.717) is 39.5 Å². The van der Waals surface area contributed by atoms with E-state index in [2.05, 4.69) is 20.7 Å². The van der Waals surface area contributed by atoms with Crippen LogP contribution in [-0.2, 0) is 11.3 Å². The van der Waals surface area contributed by atoms with Gasteiger partial charge in [-0.05, 0) is 43.3 Å². The van der Waals surface area contributed by atoms with Crippen LogP contribution in [0.15, 0.2) is 46.7 Å². The number of aromatic nitrogens is 3. The van der Waals surface area contributed by atoms with Gasteiger partial charge >= 0.3 is 0 Å². The molecule has 1 heterocycles. The van der Waals surface area contributed by atoms with Crippen LogP contribution < -0.4 is 19.6 Å². The molecule has 0 bridgehead atoms. The topological polar surface area (TPSA) is 99.9 Å². The number of benzene rings is 2. The molecular formula is C22H24ClN5O4S. The van der Waals surface area contributed by atoms with Crippen LogP contribution in [0.1, 0.15) is 12.5 Å². The Morgan fingerprint density at radius 1 is 1.09 bits per heavy atom. The zero-order valence-corrected chi connectivity index (χ0v) is 20.2. The van der Waals surface area contributed by atoms with Crippen molar-refractivity contribution in [2.75, 3.05) is 27.1 Å². The van der Waals surface area contributed by atoms with Crippen LogP contribution in [0.3, 0.4) is 0 Å². The molecule has 3 aromatic rings. The molecule has 1 aromatic heterocycles. The molecular weight excluding hydrogens is 466 g/mol. The second-order valence-corrected chi connectivity index (χ2v) is 7.94. The fourth-order valence-corrected chi connectivity index (χ4v) is 3.98. The zero-order chi connectivity index (χ0) is 23.8.